The SMILES string of the molecule is COc1cc(C(Nc2cccc(C)n2)P(=O)(OC(C)C)OC(C)C)cc(OC)c1OC. The van der Waals surface area contributed by atoms with E-state index in [1.807, 2.05) is 46.8 Å². The molecule has 0 saturated carbocycles. The van der Waals surface area contributed by atoms with Gasteiger partial charge >= 0.3 is 7.60 Å². The van der Waals surface area contributed by atoms with Gasteiger partial charge in [-0.15, -0.1) is 0 Å². The minimum atomic E-state index is -3.73. The van der Waals surface area contributed by atoms with Crippen LogP contribution in [0, 0.1) is 6.92 Å². The van der Waals surface area contributed by atoms with E-state index < -0.39 is 13.4 Å². The van der Waals surface area contributed by atoms with Crippen molar-refractivity contribution in [2.45, 2.75) is 52.6 Å². The summed E-state index contributed by atoms with van der Waals surface area (Å²) < 4.78 is 42.3. The van der Waals surface area contributed by atoms with Crippen LogP contribution in [0.15, 0.2) is 30.3 Å². The van der Waals surface area contributed by atoms with Crippen molar-refractivity contribution in [3.05, 3.63) is 41.6 Å². The molecule has 0 aliphatic rings. The Morgan fingerprint density at radius 3 is 1.87 bits per heavy atom. The number of methoxy groups -OCH3 is 3. The minimum absolute atomic E-state index is 0.332. The molecule has 1 aromatic carbocycles. The molecule has 0 aliphatic heterocycles. The number of pyridine rings is 1. The normalized spacial score (nSPS) is 12.7. The summed E-state index contributed by atoms with van der Waals surface area (Å²) in [6, 6.07) is 9.01. The summed E-state index contributed by atoms with van der Waals surface area (Å²) in [5.41, 5.74) is 1.40. The van der Waals surface area contributed by atoms with Gasteiger partial charge in [-0.2, -0.15) is 0 Å². The van der Waals surface area contributed by atoms with E-state index in [2.05, 4.69) is 10.3 Å². The third-order valence-electron chi connectivity index (χ3n) is 4.21. The predicted octanol–water partition coefficient (Wildman–Crippen LogP) is 5.57. The number of aryl methyl sites for hydroxylation is 1. The van der Waals surface area contributed by atoms with Gasteiger partial charge in [0.25, 0.3) is 0 Å². The van der Waals surface area contributed by atoms with Crippen LogP contribution in [0.1, 0.15) is 44.7 Å². The third-order valence-corrected chi connectivity index (χ3v) is 6.70. The Kier molecular flexibility index (Phi) is 8.74. The Morgan fingerprint density at radius 1 is 0.903 bits per heavy atom. The molecule has 172 valence electrons. The maximum atomic E-state index is 14.1. The molecule has 1 aromatic heterocycles. The number of anilines is 1. The van der Waals surface area contributed by atoms with Gasteiger partial charge in [0.05, 0.1) is 33.5 Å². The van der Waals surface area contributed by atoms with E-state index in [1.54, 1.807) is 18.2 Å². The Balaban J connectivity index is 2.70. The molecule has 9 heteroatoms. The number of hydrogen-bond acceptors (Lipinski definition) is 8. The zero-order valence-corrected chi connectivity index (χ0v) is 20.4. The Morgan fingerprint density at radius 2 is 1.45 bits per heavy atom. The number of aromatic nitrogens is 1. The van der Waals surface area contributed by atoms with Crippen molar-refractivity contribution in [1.29, 1.82) is 0 Å². The smallest absolute Gasteiger partial charge is 0.357 e. The molecule has 1 atom stereocenters. The number of hydrogen-bond donors (Lipinski definition) is 1. The van der Waals surface area contributed by atoms with Gasteiger partial charge in [-0.1, -0.05) is 6.07 Å². The van der Waals surface area contributed by atoms with Crippen LogP contribution in [0.5, 0.6) is 17.2 Å². The van der Waals surface area contributed by atoms with E-state index in [9.17, 15) is 4.57 Å². The van der Waals surface area contributed by atoms with Crippen molar-refractivity contribution in [3.8, 4) is 17.2 Å². The van der Waals surface area contributed by atoms with Gasteiger partial charge in [0, 0.05) is 5.69 Å². The second-order valence-electron chi connectivity index (χ2n) is 7.52. The number of benzene rings is 1. The second kappa shape index (κ2) is 10.8. The van der Waals surface area contributed by atoms with Crippen molar-refractivity contribution < 1.29 is 27.8 Å². The number of nitrogens with zero attached hydrogens (tertiary/aromatic N) is 1. The molecule has 0 saturated heterocycles. The van der Waals surface area contributed by atoms with Crippen LogP contribution in [0.4, 0.5) is 5.82 Å². The van der Waals surface area contributed by atoms with Crippen molar-refractivity contribution in [2.75, 3.05) is 26.6 Å². The van der Waals surface area contributed by atoms with Gasteiger partial charge in [0.1, 0.15) is 5.82 Å². The molecule has 1 unspecified atom stereocenters. The molecular weight excluding hydrogens is 419 g/mol. The van der Waals surface area contributed by atoms with Gasteiger partial charge in [-0.05, 0) is 64.4 Å². The molecule has 31 heavy (non-hydrogen) atoms. The van der Waals surface area contributed by atoms with Gasteiger partial charge in [-0.25, -0.2) is 4.98 Å². The lowest BCUT2D eigenvalue weighted by Crippen LogP contribution is -2.20. The lowest BCUT2D eigenvalue weighted by molar-refractivity contribution is 0.138. The zero-order valence-electron chi connectivity index (χ0n) is 19.5. The minimum Gasteiger partial charge on any atom is -0.493 e. The van der Waals surface area contributed by atoms with E-state index in [0.29, 0.717) is 28.6 Å². The zero-order chi connectivity index (χ0) is 23.2. The quantitative estimate of drug-likeness (QED) is 0.443. The summed E-state index contributed by atoms with van der Waals surface area (Å²) >= 11 is 0. The Hall–Kier alpha value is -2.28. The van der Waals surface area contributed by atoms with Gasteiger partial charge in [-0.3, -0.25) is 4.57 Å². The molecule has 0 aliphatic carbocycles. The summed E-state index contributed by atoms with van der Waals surface area (Å²) in [4.78, 5) is 4.50. The molecular formula is C22H33N2O6P. The highest BCUT2D eigenvalue weighted by Crippen LogP contribution is 2.63. The molecule has 0 fully saturated rings. The predicted molar refractivity (Wildman–Crippen MR) is 121 cm³/mol. The van der Waals surface area contributed by atoms with Crippen LogP contribution in [-0.4, -0.2) is 38.5 Å². The summed E-state index contributed by atoms with van der Waals surface area (Å²) in [6.45, 7) is 9.14. The van der Waals surface area contributed by atoms with Gasteiger partial charge in [0.15, 0.2) is 17.3 Å². The van der Waals surface area contributed by atoms with Gasteiger partial charge in [0.2, 0.25) is 5.75 Å². The first kappa shape index (κ1) is 25.0. The van der Waals surface area contributed by atoms with Crippen molar-refractivity contribution >= 4 is 13.4 Å². The second-order valence-corrected chi connectivity index (χ2v) is 9.54. The number of nitrogens with one attached hydrogen (secondary N) is 1. The van der Waals surface area contributed by atoms with Crippen LogP contribution >= 0.6 is 7.60 Å². The summed E-state index contributed by atoms with van der Waals surface area (Å²) in [5, 5.41) is 3.25. The molecule has 2 rings (SSSR count). The Bertz CT molecular complexity index is 880. The third kappa shape index (κ3) is 6.35. The largest absolute Gasteiger partial charge is 0.493 e. The standard InChI is InChI=1S/C22H33N2O6P/c1-14(2)29-31(25,30-15(3)4)22(24-20-11-9-10-16(5)23-20)17-12-18(26-6)21(28-8)19(13-17)27-7/h9-15,22H,1-8H3,(H,23,24). The molecule has 0 spiro atoms. The first-order valence-corrected chi connectivity index (χ1v) is 11.7. The van der Waals surface area contributed by atoms with E-state index in [0.717, 1.165) is 5.69 Å². The van der Waals surface area contributed by atoms with Crippen LogP contribution in [0.3, 0.4) is 0 Å². The first-order chi connectivity index (χ1) is 14.6. The fourth-order valence-corrected chi connectivity index (χ4v) is 5.38. The fourth-order valence-electron chi connectivity index (χ4n) is 3.10. The lowest BCUT2D eigenvalue weighted by Gasteiger charge is -2.31. The van der Waals surface area contributed by atoms with E-state index in [1.165, 1.54) is 21.3 Å². The molecule has 1 N–H and O–H groups in total. The number of ether oxygens (including phenoxy) is 3. The summed E-state index contributed by atoms with van der Waals surface area (Å²) in [5.74, 6) is 0.965. The highest BCUT2D eigenvalue weighted by atomic mass is 31.2. The maximum Gasteiger partial charge on any atom is 0.357 e. The summed E-state index contributed by atoms with van der Waals surface area (Å²) in [6.07, 6.45) is -0.664. The van der Waals surface area contributed by atoms with E-state index in [4.69, 9.17) is 23.3 Å². The molecule has 2 aromatic rings. The van der Waals surface area contributed by atoms with Crippen LogP contribution in [-0.2, 0) is 13.6 Å². The average molecular weight is 452 g/mol. The topological polar surface area (TPSA) is 88.1 Å². The first-order valence-electron chi connectivity index (χ1n) is 10.1. The van der Waals surface area contributed by atoms with E-state index in [-0.39, 0.29) is 12.2 Å². The van der Waals surface area contributed by atoms with Crippen molar-refractivity contribution in [1.82, 2.24) is 4.98 Å². The van der Waals surface area contributed by atoms with Crippen LogP contribution < -0.4 is 19.5 Å². The Labute approximate surface area is 184 Å². The molecule has 0 radical (unpaired) electrons. The fraction of sp³-hybridized carbons (Fsp3) is 0.500. The highest BCUT2D eigenvalue weighted by molar-refractivity contribution is 7.54. The molecule has 0 amide bonds. The highest BCUT2D eigenvalue weighted by Gasteiger charge is 2.40. The molecule has 1 heterocycles. The average Bonchev–Trinajstić information content (AvgIpc) is 2.69. The maximum absolute atomic E-state index is 14.1. The van der Waals surface area contributed by atoms with Crippen LogP contribution in [0.2, 0.25) is 0 Å². The summed E-state index contributed by atoms with van der Waals surface area (Å²) in [7, 11) is 0.854. The van der Waals surface area contributed by atoms with Gasteiger partial charge < -0.3 is 28.6 Å². The monoisotopic (exact) mass is 452 g/mol. The number of rotatable bonds is 11. The lowest BCUT2D eigenvalue weighted by atomic mass is 10.1. The van der Waals surface area contributed by atoms with E-state index >= 15 is 0 Å². The van der Waals surface area contributed by atoms with Crippen molar-refractivity contribution in [3.63, 3.8) is 0 Å². The molecule has 8 nitrogen and oxygen atoms in total. The van der Waals surface area contributed by atoms with Crippen molar-refractivity contribution in [2.24, 2.45) is 0 Å². The van der Waals surface area contributed by atoms with Crippen LogP contribution in [0.25, 0.3) is 0 Å². The molecule has 0 bridgehead atoms.